The minimum absolute atomic E-state index is 0.0801. The largest absolute Gasteiger partial charge is 0.496 e. The number of benzene rings is 1. The van der Waals surface area contributed by atoms with Gasteiger partial charge < -0.3 is 14.8 Å². The molecular weight excluding hydrogens is 242 g/mol. The Morgan fingerprint density at radius 3 is 2.79 bits per heavy atom. The number of rotatable bonds is 5. The normalized spacial score (nSPS) is 17.9. The van der Waals surface area contributed by atoms with E-state index in [9.17, 15) is 4.79 Å². The summed E-state index contributed by atoms with van der Waals surface area (Å²) in [6.07, 6.45) is 1.74. The maximum Gasteiger partial charge on any atom is 0.251 e. The van der Waals surface area contributed by atoms with E-state index in [-0.39, 0.29) is 11.9 Å². The lowest BCUT2D eigenvalue weighted by Gasteiger charge is -2.12. The molecule has 0 aromatic heterocycles. The lowest BCUT2D eigenvalue weighted by atomic mass is 10.1. The third kappa shape index (κ3) is 3.50. The first-order valence-corrected chi connectivity index (χ1v) is 6.56. The van der Waals surface area contributed by atoms with Gasteiger partial charge in [-0.1, -0.05) is 13.5 Å². The van der Waals surface area contributed by atoms with Crippen LogP contribution in [0.25, 0.3) is 0 Å². The molecule has 1 aromatic rings. The van der Waals surface area contributed by atoms with E-state index in [4.69, 9.17) is 9.47 Å². The second kappa shape index (κ2) is 6.27. The minimum atomic E-state index is -0.112. The van der Waals surface area contributed by atoms with Gasteiger partial charge in [-0.25, -0.2) is 0 Å². The summed E-state index contributed by atoms with van der Waals surface area (Å²) in [6, 6.07) is 7.07. The topological polar surface area (TPSA) is 47.6 Å². The first-order valence-electron chi connectivity index (χ1n) is 6.56. The van der Waals surface area contributed by atoms with E-state index in [1.807, 2.05) is 12.1 Å². The molecule has 1 fully saturated rings. The first-order chi connectivity index (χ1) is 9.20. The predicted molar refractivity (Wildman–Crippen MR) is 73.2 cm³/mol. The van der Waals surface area contributed by atoms with Crippen molar-refractivity contribution in [3.05, 3.63) is 42.2 Å². The van der Waals surface area contributed by atoms with Crippen molar-refractivity contribution in [2.75, 3.05) is 13.2 Å². The van der Waals surface area contributed by atoms with Crippen molar-refractivity contribution in [1.29, 1.82) is 0 Å². The summed E-state index contributed by atoms with van der Waals surface area (Å²) >= 11 is 0. The maximum absolute atomic E-state index is 12.0. The van der Waals surface area contributed by atoms with E-state index >= 15 is 0 Å². The molecule has 1 aromatic carbocycles. The van der Waals surface area contributed by atoms with Crippen LogP contribution in [-0.2, 0) is 4.74 Å². The highest BCUT2D eigenvalue weighted by molar-refractivity contribution is 5.94. The van der Waals surface area contributed by atoms with Crippen molar-refractivity contribution in [1.82, 2.24) is 5.32 Å². The first kappa shape index (κ1) is 13.5. The second-order valence-electron chi connectivity index (χ2n) is 4.50. The molecular formula is C15H19NO3. The molecule has 0 unspecified atom stereocenters. The van der Waals surface area contributed by atoms with E-state index in [0.717, 1.165) is 18.6 Å². The van der Waals surface area contributed by atoms with E-state index in [2.05, 4.69) is 18.8 Å². The molecule has 0 spiro atoms. The van der Waals surface area contributed by atoms with E-state index < -0.39 is 0 Å². The molecule has 1 saturated heterocycles. The number of carbonyl (C=O) groups excluding carboxylic acids is 1. The third-order valence-electron chi connectivity index (χ3n) is 2.98. The van der Waals surface area contributed by atoms with Crippen LogP contribution in [0.15, 0.2) is 36.6 Å². The molecule has 1 N–H and O–H groups in total. The van der Waals surface area contributed by atoms with E-state index in [1.54, 1.807) is 12.1 Å². The van der Waals surface area contributed by atoms with Gasteiger partial charge in [-0.15, -0.1) is 0 Å². The van der Waals surface area contributed by atoms with Crippen LogP contribution in [0.3, 0.4) is 0 Å². The number of hydrogen-bond donors (Lipinski definition) is 1. The fraction of sp³-hybridized carbons (Fsp3) is 0.400. The summed E-state index contributed by atoms with van der Waals surface area (Å²) < 4.78 is 10.7. The van der Waals surface area contributed by atoms with Gasteiger partial charge in [0.1, 0.15) is 11.5 Å². The average Bonchev–Trinajstić information content (AvgIpc) is 2.82. The Labute approximate surface area is 113 Å². The van der Waals surface area contributed by atoms with Gasteiger partial charge in [0, 0.05) is 12.0 Å². The smallest absolute Gasteiger partial charge is 0.251 e. The minimum Gasteiger partial charge on any atom is -0.496 e. The van der Waals surface area contributed by atoms with Crippen LogP contribution in [0, 0.1) is 0 Å². The van der Waals surface area contributed by atoms with Crippen LogP contribution in [0.5, 0.6) is 5.75 Å². The summed E-state index contributed by atoms with van der Waals surface area (Å²) in [5.41, 5.74) is 0.614. The summed E-state index contributed by atoms with van der Waals surface area (Å²) in [6.45, 7) is 7.13. The van der Waals surface area contributed by atoms with Crippen LogP contribution < -0.4 is 10.1 Å². The van der Waals surface area contributed by atoms with E-state index in [0.29, 0.717) is 24.5 Å². The zero-order chi connectivity index (χ0) is 13.7. The molecule has 102 valence electrons. The van der Waals surface area contributed by atoms with Crippen LogP contribution in [0.1, 0.15) is 30.1 Å². The molecule has 1 aliphatic rings. The van der Waals surface area contributed by atoms with Gasteiger partial charge in [0.05, 0.1) is 19.3 Å². The maximum atomic E-state index is 12.0. The van der Waals surface area contributed by atoms with E-state index in [1.165, 1.54) is 0 Å². The predicted octanol–water partition coefficient (Wildman–Crippen LogP) is 2.51. The lowest BCUT2D eigenvalue weighted by molar-refractivity contribution is 0.0941. The fourth-order valence-corrected chi connectivity index (χ4v) is 1.89. The number of carbonyl (C=O) groups is 1. The summed E-state index contributed by atoms with van der Waals surface area (Å²) in [4.78, 5) is 12.0. The summed E-state index contributed by atoms with van der Waals surface area (Å²) in [5, 5.41) is 2.90. The number of ether oxygens (including phenoxy) is 2. The van der Waals surface area contributed by atoms with Crippen LogP contribution in [-0.4, -0.2) is 25.2 Å². The molecule has 1 aliphatic heterocycles. The Kier molecular flexibility index (Phi) is 4.44. The summed E-state index contributed by atoms with van der Waals surface area (Å²) in [5.74, 6) is 1.31. The van der Waals surface area contributed by atoms with Crippen molar-refractivity contribution in [3.63, 3.8) is 0 Å². The summed E-state index contributed by atoms with van der Waals surface area (Å²) in [7, 11) is 0. The van der Waals surface area contributed by atoms with Crippen LogP contribution in [0.2, 0.25) is 0 Å². The molecule has 0 saturated carbocycles. The Hall–Kier alpha value is -1.97. The van der Waals surface area contributed by atoms with Gasteiger partial charge in [0.25, 0.3) is 5.91 Å². The second-order valence-corrected chi connectivity index (χ2v) is 4.50. The molecule has 19 heavy (non-hydrogen) atoms. The lowest BCUT2D eigenvalue weighted by Crippen LogP contribution is -2.33. The molecule has 0 bridgehead atoms. The highest BCUT2D eigenvalue weighted by Crippen LogP contribution is 2.17. The van der Waals surface area contributed by atoms with Gasteiger partial charge in [0.15, 0.2) is 0 Å². The Bertz CT molecular complexity index is 453. The Morgan fingerprint density at radius 2 is 2.21 bits per heavy atom. The number of amides is 1. The highest BCUT2D eigenvalue weighted by atomic mass is 16.5. The van der Waals surface area contributed by atoms with Crippen molar-refractivity contribution in [2.24, 2.45) is 0 Å². The third-order valence-corrected chi connectivity index (χ3v) is 2.98. The van der Waals surface area contributed by atoms with Crippen molar-refractivity contribution in [3.8, 4) is 5.75 Å². The average molecular weight is 261 g/mol. The monoisotopic (exact) mass is 261 g/mol. The molecule has 0 aliphatic carbocycles. The fourth-order valence-electron chi connectivity index (χ4n) is 1.89. The van der Waals surface area contributed by atoms with Crippen molar-refractivity contribution < 1.29 is 14.3 Å². The van der Waals surface area contributed by atoms with Gasteiger partial charge in [-0.2, -0.15) is 0 Å². The quantitative estimate of drug-likeness (QED) is 0.886. The van der Waals surface area contributed by atoms with Gasteiger partial charge in [0.2, 0.25) is 0 Å². The van der Waals surface area contributed by atoms with Gasteiger partial charge >= 0.3 is 0 Å². The molecule has 1 amide bonds. The molecule has 2 rings (SSSR count). The van der Waals surface area contributed by atoms with Crippen LogP contribution in [0.4, 0.5) is 0 Å². The number of nitrogens with one attached hydrogen (secondary N) is 1. The zero-order valence-corrected chi connectivity index (χ0v) is 11.1. The van der Waals surface area contributed by atoms with Crippen molar-refractivity contribution >= 4 is 5.91 Å². The van der Waals surface area contributed by atoms with Gasteiger partial charge in [-0.05, 0) is 30.7 Å². The number of hydrogen-bond acceptors (Lipinski definition) is 3. The SMILES string of the molecule is C=C1OCC[C@H]1NC(=O)c1ccc(OCCC)cc1. The molecule has 4 heteroatoms. The Balaban J connectivity index is 1.93. The zero-order valence-electron chi connectivity index (χ0n) is 11.1. The Morgan fingerprint density at radius 1 is 1.47 bits per heavy atom. The molecule has 1 atom stereocenters. The van der Waals surface area contributed by atoms with Gasteiger partial charge in [-0.3, -0.25) is 4.79 Å². The highest BCUT2D eigenvalue weighted by Gasteiger charge is 2.22. The standard InChI is InChI=1S/C15H19NO3/c1-3-9-19-13-6-4-12(5-7-13)15(17)16-14-8-10-18-11(14)2/h4-7,14H,2-3,8-10H2,1H3,(H,16,17)/t14-/m1/s1. The van der Waals surface area contributed by atoms with Crippen LogP contribution >= 0.6 is 0 Å². The molecule has 0 radical (unpaired) electrons. The molecule has 4 nitrogen and oxygen atoms in total. The van der Waals surface area contributed by atoms with Crippen molar-refractivity contribution in [2.45, 2.75) is 25.8 Å². The molecule has 1 heterocycles.